The van der Waals surface area contributed by atoms with E-state index in [0.717, 1.165) is 26.7 Å². The van der Waals surface area contributed by atoms with Crippen LogP contribution in [0.1, 0.15) is 8.61 Å². The smallest absolute Gasteiger partial charge is 0.167 e. The van der Waals surface area contributed by atoms with Crippen molar-refractivity contribution in [3.63, 3.8) is 0 Å². The van der Waals surface area contributed by atoms with Crippen molar-refractivity contribution in [2.75, 3.05) is 0 Å². The number of aromatic amines is 1. The molecule has 0 atom stereocenters. The van der Waals surface area contributed by atoms with Crippen LogP contribution in [-0.4, -0.2) is 15.0 Å². The molecule has 17 heavy (non-hydrogen) atoms. The number of hydrogen-bond acceptors (Lipinski definition) is 3. The van der Waals surface area contributed by atoms with Gasteiger partial charge in [0.15, 0.2) is 10.8 Å². The maximum absolute atomic E-state index is 4.52. The number of benzene rings is 1. The third kappa shape index (κ3) is 2.17. The number of aromatic nitrogens is 3. The van der Waals surface area contributed by atoms with Gasteiger partial charge in [-0.3, -0.25) is 0 Å². The van der Waals surface area contributed by atoms with Crippen LogP contribution in [0.2, 0.25) is 0 Å². The number of para-hydroxylation sites is 2. The minimum Gasteiger partial charge on any atom is -0.336 e. The van der Waals surface area contributed by atoms with Crippen LogP contribution >= 0.6 is 43.2 Å². The highest BCUT2D eigenvalue weighted by atomic mass is 79.9. The zero-order valence-corrected chi connectivity index (χ0v) is 12.5. The third-order valence-electron chi connectivity index (χ3n) is 2.33. The van der Waals surface area contributed by atoms with Crippen molar-refractivity contribution in [3.05, 3.63) is 35.3 Å². The van der Waals surface area contributed by atoms with Crippen molar-refractivity contribution in [3.8, 4) is 10.8 Å². The Morgan fingerprint density at radius 3 is 2.76 bits per heavy atom. The van der Waals surface area contributed by atoms with Gasteiger partial charge in [0, 0.05) is 11.1 Å². The van der Waals surface area contributed by atoms with Crippen LogP contribution in [-0.2, 0) is 0 Å². The molecule has 1 aromatic carbocycles. The van der Waals surface area contributed by atoms with Gasteiger partial charge in [0.1, 0.15) is 3.74 Å². The number of hydrogen-bond donors (Lipinski definition) is 1. The molecule has 0 bridgehead atoms. The molecule has 0 fully saturated rings. The lowest BCUT2D eigenvalue weighted by Gasteiger charge is -1.91. The van der Waals surface area contributed by atoms with E-state index in [2.05, 4.69) is 46.8 Å². The molecule has 3 nitrogen and oxygen atoms in total. The molecule has 1 N–H and O–H groups in total. The average molecular weight is 373 g/mol. The van der Waals surface area contributed by atoms with E-state index in [4.69, 9.17) is 0 Å². The molecule has 0 aliphatic rings. The molecule has 3 rings (SSSR count). The number of nitrogens with one attached hydrogen (secondary N) is 1. The molecule has 0 unspecified atom stereocenters. The van der Waals surface area contributed by atoms with Gasteiger partial charge >= 0.3 is 0 Å². The Kier molecular flexibility index (Phi) is 3.02. The summed E-state index contributed by atoms with van der Waals surface area (Å²) in [6.45, 7) is 0. The Bertz CT molecular complexity index is 626. The lowest BCUT2D eigenvalue weighted by molar-refractivity contribution is 1.28. The van der Waals surface area contributed by atoms with Gasteiger partial charge in [-0.1, -0.05) is 44.0 Å². The van der Waals surface area contributed by atoms with Gasteiger partial charge < -0.3 is 4.98 Å². The van der Waals surface area contributed by atoms with Gasteiger partial charge in [0.2, 0.25) is 0 Å². The van der Waals surface area contributed by atoms with E-state index >= 15 is 0 Å². The average Bonchev–Trinajstić information content (AvgIpc) is 2.95. The van der Waals surface area contributed by atoms with Gasteiger partial charge in [-0.05, 0) is 12.1 Å². The van der Waals surface area contributed by atoms with Gasteiger partial charge in [0.05, 0.1) is 11.0 Å². The number of fused-ring (bicyclic) bond motifs is 1. The molecule has 0 amide bonds. The van der Waals surface area contributed by atoms with E-state index in [1.54, 1.807) is 11.3 Å². The first-order valence-electron chi connectivity index (χ1n) is 4.93. The molecular formula is C11H7Br2N3S. The molecular weight excluding hydrogens is 366 g/mol. The highest BCUT2D eigenvalue weighted by molar-refractivity contribution is 9.24. The Morgan fingerprint density at radius 2 is 2.06 bits per heavy atom. The summed E-state index contributed by atoms with van der Waals surface area (Å²) in [5.41, 5.74) is 2.00. The minimum atomic E-state index is 0.144. The number of imidazole rings is 1. The second-order valence-electron chi connectivity index (χ2n) is 3.47. The van der Waals surface area contributed by atoms with E-state index in [0.29, 0.717) is 0 Å². The molecule has 0 spiro atoms. The highest BCUT2D eigenvalue weighted by Crippen LogP contribution is 2.35. The number of nitrogens with zero attached hydrogens (tertiary/aromatic N) is 2. The van der Waals surface area contributed by atoms with Gasteiger partial charge in [0.25, 0.3) is 0 Å². The summed E-state index contributed by atoms with van der Waals surface area (Å²) in [4.78, 5) is 13.3. The zero-order valence-electron chi connectivity index (χ0n) is 8.52. The molecule has 0 aliphatic heterocycles. The Balaban J connectivity index is 2.07. The van der Waals surface area contributed by atoms with Crippen LogP contribution in [0, 0.1) is 0 Å². The fraction of sp³-hybridized carbons (Fsp3) is 0.0909. The maximum atomic E-state index is 4.52. The summed E-state index contributed by atoms with van der Waals surface area (Å²) in [7, 11) is 0. The van der Waals surface area contributed by atoms with Gasteiger partial charge in [-0.15, -0.1) is 11.3 Å². The Morgan fingerprint density at radius 1 is 1.24 bits per heavy atom. The van der Waals surface area contributed by atoms with Crippen LogP contribution < -0.4 is 0 Å². The first-order valence-corrected chi connectivity index (χ1v) is 7.58. The first kappa shape index (κ1) is 11.4. The summed E-state index contributed by atoms with van der Waals surface area (Å²) >= 11 is 8.53. The van der Waals surface area contributed by atoms with Crippen molar-refractivity contribution < 1.29 is 0 Å². The second kappa shape index (κ2) is 4.51. The molecule has 2 aromatic heterocycles. The van der Waals surface area contributed by atoms with Crippen molar-refractivity contribution in [2.24, 2.45) is 0 Å². The number of H-pyrrole nitrogens is 1. The predicted octanol–water partition coefficient (Wildman–Crippen LogP) is 4.47. The molecule has 86 valence electrons. The zero-order chi connectivity index (χ0) is 11.8. The first-order chi connectivity index (χ1) is 8.24. The predicted molar refractivity (Wildman–Crippen MR) is 77.8 cm³/mol. The summed E-state index contributed by atoms with van der Waals surface area (Å²) in [5.74, 6) is 0.822. The summed E-state index contributed by atoms with van der Waals surface area (Å²) in [5, 5.41) is 0.903. The molecule has 0 radical (unpaired) electrons. The van der Waals surface area contributed by atoms with Gasteiger partial charge in [-0.25, -0.2) is 9.97 Å². The fourth-order valence-corrected chi connectivity index (χ4v) is 3.06. The normalized spacial score (nSPS) is 11.5. The van der Waals surface area contributed by atoms with Crippen LogP contribution in [0.4, 0.5) is 0 Å². The second-order valence-corrected chi connectivity index (χ2v) is 7.59. The fourth-order valence-electron chi connectivity index (χ4n) is 1.55. The Hall–Kier alpha value is -0.720. The summed E-state index contributed by atoms with van der Waals surface area (Å²) < 4.78 is 0.144. The van der Waals surface area contributed by atoms with E-state index in [1.807, 2.05) is 30.5 Å². The summed E-state index contributed by atoms with van der Waals surface area (Å²) in [6, 6.07) is 7.97. The van der Waals surface area contributed by atoms with Crippen molar-refractivity contribution in [2.45, 2.75) is 3.74 Å². The van der Waals surface area contributed by atoms with Crippen LogP contribution in [0.15, 0.2) is 30.5 Å². The van der Waals surface area contributed by atoms with Crippen LogP contribution in [0.5, 0.6) is 0 Å². The Labute approximate surface area is 119 Å². The van der Waals surface area contributed by atoms with E-state index in [-0.39, 0.29) is 3.74 Å². The van der Waals surface area contributed by atoms with Crippen LogP contribution in [0.25, 0.3) is 21.9 Å². The quantitative estimate of drug-likeness (QED) is 0.674. The van der Waals surface area contributed by atoms with Crippen molar-refractivity contribution >= 4 is 54.2 Å². The van der Waals surface area contributed by atoms with Crippen LogP contribution in [0.3, 0.4) is 0 Å². The maximum Gasteiger partial charge on any atom is 0.167 e. The highest BCUT2D eigenvalue weighted by Gasteiger charge is 2.12. The molecule has 0 saturated heterocycles. The number of alkyl halides is 2. The molecule has 3 aromatic rings. The largest absolute Gasteiger partial charge is 0.336 e. The third-order valence-corrected chi connectivity index (χ3v) is 4.99. The minimum absolute atomic E-state index is 0.144. The lowest BCUT2D eigenvalue weighted by Crippen LogP contribution is -1.76. The molecule has 0 saturated carbocycles. The lowest BCUT2D eigenvalue weighted by atomic mass is 10.3. The topological polar surface area (TPSA) is 41.6 Å². The molecule has 2 heterocycles. The van der Waals surface area contributed by atoms with Crippen molar-refractivity contribution in [1.29, 1.82) is 0 Å². The standard InChI is InChI=1S/C11H7Br2N3S/c12-9(13)8-5-14-11(17-8)10-15-6-3-1-2-4-7(6)16-10/h1-5,9H,(H,15,16). The molecule has 6 heteroatoms. The van der Waals surface area contributed by atoms with E-state index in [9.17, 15) is 0 Å². The summed E-state index contributed by atoms with van der Waals surface area (Å²) in [6.07, 6.45) is 1.85. The number of rotatable bonds is 2. The number of halogens is 2. The molecule has 0 aliphatic carbocycles. The van der Waals surface area contributed by atoms with Gasteiger partial charge in [-0.2, -0.15) is 0 Å². The van der Waals surface area contributed by atoms with E-state index in [1.165, 1.54) is 0 Å². The van der Waals surface area contributed by atoms with Crippen molar-refractivity contribution in [1.82, 2.24) is 15.0 Å². The number of thiazole rings is 1. The van der Waals surface area contributed by atoms with E-state index < -0.39 is 0 Å². The SMILES string of the molecule is BrC(Br)c1cnc(-c2nc3ccccc3[nH]2)s1. The monoisotopic (exact) mass is 371 g/mol.